The molecule has 0 saturated heterocycles. The molecule has 0 aromatic heterocycles. The molecule has 0 aromatic carbocycles. The van der Waals surface area contributed by atoms with Gasteiger partial charge >= 0.3 is 0 Å². The van der Waals surface area contributed by atoms with E-state index in [-0.39, 0.29) is 0 Å². The van der Waals surface area contributed by atoms with Gasteiger partial charge in [0.1, 0.15) is 0 Å². The quantitative estimate of drug-likeness (QED) is 0.577. The Hall–Kier alpha value is -0.370. The van der Waals surface area contributed by atoms with E-state index < -0.39 is 0 Å². The first-order chi connectivity index (χ1) is 4.85. The summed E-state index contributed by atoms with van der Waals surface area (Å²) in [6.07, 6.45) is 5.47. The van der Waals surface area contributed by atoms with Crippen LogP contribution in [-0.2, 0) is 0 Å². The maximum atomic E-state index is 3.92. The summed E-state index contributed by atoms with van der Waals surface area (Å²) in [5.41, 5.74) is 0. The molecule has 60 valence electrons. The third-order valence-corrected chi connectivity index (χ3v) is 1.73. The Morgan fingerprint density at radius 1 is 1.60 bits per heavy atom. The SMILES string of the molecule is CCC(CC/C=N/C)NC. The van der Waals surface area contributed by atoms with Gasteiger partial charge in [0.25, 0.3) is 0 Å². The lowest BCUT2D eigenvalue weighted by atomic mass is 10.1. The largest absolute Gasteiger partial charge is 0.317 e. The number of aliphatic imine (C=N–C) groups is 1. The summed E-state index contributed by atoms with van der Waals surface area (Å²) in [6, 6.07) is 0.665. The molecule has 0 aliphatic carbocycles. The van der Waals surface area contributed by atoms with Crippen LogP contribution in [0.5, 0.6) is 0 Å². The second-order valence-corrected chi connectivity index (χ2v) is 2.41. The lowest BCUT2D eigenvalue weighted by Gasteiger charge is -2.10. The molecule has 10 heavy (non-hydrogen) atoms. The van der Waals surface area contributed by atoms with Crippen molar-refractivity contribution in [1.29, 1.82) is 0 Å². The van der Waals surface area contributed by atoms with Crippen molar-refractivity contribution in [1.82, 2.24) is 5.32 Å². The molecule has 0 amide bonds. The van der Waals surface area contributed by atoms with E-state index in [1.54, 1.807) is 0 Å². The fraction of sp³-hybridized carbons (Fsp3) is 0.875. The highest BCUT2D eigenvalue weighted by atomic mass is 14.9. The van der Waals surface area contributed by atoms with E-state index in [2.05, 4.69) is 17.2 Å². The van der Waals surface area contributed by atoms with Gasteiger partial charge in [0.15, 0.2) is 0 Å². The number of nitrogens with zero attached hydrogens (tertiary/aromatic N) is 1. The Morgan fingerprint density at radius 2 is 2.30 bits per heavy atom. The van der Waals surface area contributed by atoms with Crippen molar-refractivity contribution in [3.63, 3.8) is 0 Å². The van der Waals surface area contributed by atoms with Gasteiger partial charge in [-0.3, -0.25) is 0 Å². The van der Waals surface area contributed by atoms with Crippen molar-refractivity contribution < 1.29 is 0 Å². The second-order valence-electron chi connectivity index (χ2n) is 2.41. The minimum atomic E-state index is 0.665. The highest BCUT2D eigenvalue weighted by Gasteiger charge is 1.99. The first kappa shape index (κ1) is 9.63. The Morgan fingerprint density at radius 3 is 2.70 bits per heavy atom. The van der Waals surface area contributed by atoms with Crippen LogP contribution in [0.1, 0.15) is 26.2 Å². The molecule has 0 rings (SSSR count). The summed E-state index contributed by atoms with van der Waals surface area (Å²) in [5, 5.41) is 3.25. The van der Waals surface area contributed by atoms with Crippen LogP contribution in [-0.4, -0.2) is 26.4 Å². The Kier molecular flexibility index (Phi) is 6.50. The van der Waals surface area contributed by atoms with Crippen molar-refractivity contribution in [2.45, 2.75) is 32.2 Å². The maximum Gasteiger partial charge on any atom is 0.0273 e. The summed E-state index contributed by atoms with van der Waals surface area (Å²) >= 11 is 0. The van der Waals surface area contributed by atoms with E-state index in [0.29, 0.717) is 6.04 Å². The monoisotopic (exact) mass is 142 g/mol. The smallest absolute Gasteiger partial charge is 0.0273 e. The normalized spacial score (nSPS) is 14.3. The van der Waals surface area contributed by atoms with Crippen molar-refractivity contribution in [3.8, 4) is 0 Å². The van der Waals surface area contributed by atoms with Crippen molar-refractivity contribution in [3.05, 3.63) is 0 Å². The fourth-order valence-corrected chi connectivity index (χ4v) is 0.957. The van der Waals surface area contributed by atoms with E-state index in [9.17, 15) is 0 Å². The summed E-state index contributed by atoms with van der Waals surface area (Å²) in [6.45, 7) is 2.20. The average Bonchev–Trinajstić information content (AvgIpc) is 1.99. The average molecular weight is 142 g/mol. The summed E-state index contributed by atoms with van der Waals surface area (Å²) in [4.78, 5) is 3.92. The first-order valence-corrected chi connectivity index (χ1v) is 3.93. The predicted octanol–water partition coefficient (Wildman–Crippen LogP) is 1.47. The van der Waals surface area contributed by atoms with Crippen LogP contribution < -0.4 is 5.32 Å². The zero-order valence-electron chi connectivity index (χ0n) is 7.22. The van der Waals surface area contributed by atoms with Crippen molar-refractivity contribution in [2.75, 3.05) is 14.1 Å². The summed E-state index contributed by atoms with van der Waals surface area (Å²) in [7, 11) is 3.83. The molecule has 0 aliphatic heterocycles. The third kappa shape index (κ3) is 4.50. The Bertz CT molecular complexity index is 85.3. The van der Waals surface area contributed by atoms with E-state index in [0.717, 1.165) is 6.42 Å². The molecular formula is C8H18N2. The van der Waals surface area contributed by atoms with Gasteiger partial charge in [0, 0.05) is 13.1 Å². The van der Waals surface area contributed by atoms with Gasteiger partial charge in [-0.25, -0.2) is 0 Å². The molecule has 0 aromatic rings. The van der Waals surface area contributed by atoms with Gasteiger partial charge in [-0.05, 0) is 32.5 Å². The van der Waals surface area contributed by atoms with Crippen LogP contribution in [0.3, 0.4) is 0 Å². The zero-order chi connectivity index (χ0) is 7.82. The van der Waals surface area contributed by atoms with Crippen LogP contribution in [0.4, 0.5) is 0 Å². The molecule has 2 nitrogen and oxygen atoms in total. The number of hydrogen-bond acceptors (Lipinski definition) is 2. The molecule has 0 aliphatic rings. The van der Waals surface area contributed by atoms with Crippen LogP contribution >= 0.6 is 0 Å². The molecule has 0 spiro atoms. The second kappa shape index (κ2) is 6.75. The molecule has 1 N–H and O–H groups in total. The molecule has 0 saturated carbocycles. The fourth-order valence-electron chi connectivity index (χ4n) is 0.957. The van der Waals surface area contributed by atoms with Gasteiger partial charge in [0.05, 0.1) is 0 Å². The van der Waals surface area contributed by atoms with E-state index in [4.69, 9.17) is 0 Å². The van der Waals surface area contributed by atoms with E-state index >= 15 is 0 Å². The highest BCUT2D eigenvalue weighted by molar-refractivity contribution is 5.56. The molecule has 0 bridgehead atoms. The number of rotatable bonds is 5. The number of hydrogen-bond donors (Lipinski definition) is 1. The van der Waals surface area contributed by atoms with Gasteiger partial charge in [-0.1, -0.05) is 6.92 Å². The molecule has 0 radical (unpaired) electrons. The summed E-state index contributed by atoms with van der Waals surface area (Å²) in [5.74, 6) is 0. The predicted molar refractivity (Wildman–Crippen MR) is 46.8 cm³/mol. The van der Waals surface area contributed by atoms with Crippen LogP contribution in [0.25, 0.3) is 0 Å². The van der Waals surface area contributed by atoms with Crippen LogP contribution in [0.2, 0.25) is 0 Å². The highest BCUT2D eigenvalue weighted by Crippen LogP contribution is 1.98. The topological polar surface area (TPSA) is 24.4 Å². The van der Waals surface area contributed by atoms with Crippen LogP contribution in [0.15, 0.2) is 4.99 Å². The van der Waals surface area contributed by atoms with E-state index in [1.165, 1.54) is 12.8 Å². The zero-order valence-corrected chi connectivity index (χ0v) is 7.22. The van der Waals surface area contributed by atoms with E-state index in [1.807, 2.05) is 20.3 Å². The molecular weight excluding hydrogens is 124 g/mol. The molecule has 1 atom stereocenters. The molecule has 1 unspecified atom stereocenters. The number of nitrogens with one attached hydrogen (secondary N) is 1. The lowest BCUT2D eigenvalue weighted by molar-refractivity contribution is 0.519. The minimum Gasteiger partial charge on any atom is -0.317 e. The maximum absolute atomic E-state index is 3.92. The van der Waals surface area contributed by atoms with Crippen molar-refractivity contribution in [2.24, 2.45) is 4.99 Å². The Balaban J connectivity index is 3.25. The van der Waals surface area contributed by atoms with Crippen LogP contribution in [0, 0.1) is 0 Å². The van der Waals surface area contributed by atoms with Gasteiger partial charge in [-0.15, -0.1) is 0 Å². The molecule has 2 heteroatoms. The van der Waals surface area contributed by atoms with Gasteiger partial charge in [0.2, 0.25) is 0 Å². The lowest BCUT2D eigenvalue weighted by Crippen LogP contribution is -2.23. The standard InChI is InChI=1S/C8H18N2/c1-4-8(10-3)6-5-7-9-2/h7-8,10H,4-6H2,1-3H3/b9-7+. The van der Waals surface area contributed by atoms with Gasteiger partial charge in [-0.2, -0.15) is 0 Å². The molecule has 0 heterocycles. The molecule has 0 fully saturated rings. The Labute approximate surface area is 63.7 Å². The van der Waals surface area contributed by atoms with Gasteiger partial charge < -0.3 is 10.3 Å². The minimum absolute atomic E-state index is 0.665. The first-order valence-electron chi connectivity index (χ1n) is 3.93. The van der Waals surface area contributed by atoms with Crippen molar-refractivity contribution >= 4 is 6.21 Å². The third-order valence-electron chi connectivity index (χ3n) is 1.73. The summed E-state index contributed by atoms with van der Waals surface area (Å²) < 4.78 is 0.